The number of halogens is 1. The van der Waals surface area contributed by atoms with Crippen molar-refractivity contribution in [1.82, 2.24) is 10.2 Å². The summed E-state index contributed by atoms with van der Waals surface area (Å²) in [4.78, 5) is 13.9. The highest BCUT2D eigenvalue weighted by atomic mass is 79.9. The van der Waals surface area contributed by atoms with Gasteiger partial charge in [0.1, 0.15) is 5.75 Å². The van der Waals surface area contributed by atoms with Crippen LogP contribution >= 0.6 is 15.9 Å². The number of methoxy groups -OCH3 is 1. The Morgan fingerprint density at radius 3 is 2.76 bits per heavy atom. The molecule has 1 rings (SSSR count). The molecule has 0 fully saturated rings. The average Bonchev–Trinajstić information content (AvgIpc) is 2.29. The Hall–Kier alpha value is -1.07. The smallest absolute Gasteiger partial charge is 0.252 e. The summed E-state index contributed by atoms with van der Waals surface area (Å²) in [6, 6.07) is 5.33. The molecule has 0 bridgehead atoms. The summed E-state index contributed by atoms with van der Waals surface area (Å²) >= 11 is 3.35. The number of nitrogens with one attached hydrogen (secondary N) is 1. The van der Waals surface area contributed by atoms with Crippen LogP contribution in [0.15, 0.2) is 22.7 Å². The van der Waals surface area contributed by atoms with Crippen LogP contribution in [0, 0.1) is 0 Å². The third kappa shape index (κ3) is 4.36. The summed E-state index contributed by atoms with van der Waals surface area (Å²) in [6.07, 6.45) is 0. The predicted molar refractivity (Wildman–Crippen MR) is 71.6 cm³/mol. The van der Waals surface area contributed by atoms with Crippen molar-refractivity contribution in [3.05, 3.63) is 28.2 Å². The van der Waals surface area contributed by atoms with Gasteiger partial charge in [-0.05, 0) is 48.2 Å². The molecule has 0 atom stereocenters. The molecule has 1 amide bonds. The van der Waals surface area contributed by atoms with Crippen LogP contribution in [-0.2, 0) is 0 Å². The lowest BCUT2D eigenvalue weighted by Gasteiger charge is -2.11. The number of hydrogen-bond donors (Lipinski definition) is 1. The molecule has 0 heterocycles. The Kier molecular flexibility index (Phi) is 5.44. The second-order valence-electron chi connectivity index (χ2n) is 3.90. The van der Waals surface area contributed by atoms with Gasteiger partial charge in [-0.15, -0.1) is 0 Å². The van der Waals surface area contributed by atoms with Crippen molar-refractivity contribution >= 4 is 21.8 Å². The highest BCUT2D eigenvalue weighted by Crippen LogP contribution is 2.22. The normalized spacial score (nSPS) is 10.4. The molecule has 0 aliphatic heterocycles. The van der Waals surface area contributed by atoms with E-state index in [1.165, 1.54) is 0 Å². The van der Waals surface area contributed by atoms with E-state index in [2.05, 4.69) is 21.2 Å². The first-order valence-corrected chi connectivity index (χ1v) is 6.10. The minimum absolute atomic E-state index is 0.0994. The van der Waals surface area contributed by atoms with Crippen molar-refractivity contribution in [3.8, 4) is 5.75 Å². The summed E-state index contributed by atoms with van der Waals surface area (Å²) in [6.45, 7) is 1.43. The fourth-order valence-electron chi connectivity index (χ4n) is 1.29. The third-order valence-corrected chi connectivity index (χ3v) is 2.95. The zero-order valence-electron chi connectivity index (χ0n) is 10.3. The summed E-state index contributed by atoms with van der Waals surface area (Å²) < 4.78 is 5.86. The number of carbonyl (C=O) groups is 1. The van der Waals surface area contributed by atoms with Gasteiger partial charge in [0.25, 0.3) is 5.91 Å². The molecule has 1 aromatic carbocycles. The second-order valence-corrected chi connectivity index (χ2v) is 4.76. The summed E-state index contributed by atoms with van der Waals surface area (Å²) in [5, 5.41) is 2.86. The lowest BCUT2D eigenvalue weighted by molar-refractivity contribution is 0.0950. The van der Waals surface area contributed by atoms with E-state index < -0.39 is 0 Å². The Morgan fingerprint density at radius 2 is 2.18 bits per heavy atom. The van der Waals surface area contributed by atoms with Crippen LogP contribution in [-0.4, -0.2) is 45.1 Å². The number of nitrogens with zero attached hydrogens (tertiary/aromatic N) is 1. The molecular weight excluding hydrogens is 284 g/mol. The zero-order chi connectivity index (χ0) is 12.8. The number of rotatable bonds is 5. The minimum Gasteiger partial charge on any atom is -0.497 e. The van der Waals surface area contributed by atoms with Gasteiger partial charge in [0.05, 0.1) is 12.7 Å². The van der Waals surface area contributed by atoms with Gasteiger partial charge in [0, 0.05) is 17.6 Å². The van der Waals surface area contributed by atoms with E-state index in [0.717, 1.165) is 11.0 Å². The topological polar surface area (TPSA) is 41.6 Å². The van der Waals surface area contributed by atoms with E-state index in [1.54, 1.807) is 25.3 Å². The van der Waals surface area contributed by atoms with Crippen molar-refractivity contribution in [2.45, 2.75) is 0 Å². The van der Waals surface area contributed by atoms with Crippen LogP contribution in [0.4, 0.5) is 0 Å². The maximum absolute atomic E-state index is 11.9. The number of ether oxygens (including phenoxy) is 1. The van der Waals surface area contributed by atoms with Gasteiger partial charge in [0.15, 0.2) is 0 Å². The van der Waals surface area contributed by atoms with E-state index in [9.17, 15) is 4.79 Å². The van der Waals surface area contributed by atoms with Crippen LogP contribution in [0.1, 0.15) is 10.4 Å². The maximum atomic E-state index is 11.9. The van der Waals surface area contributed by atoms with Crippen LogP contribution in [0.2, 0.25) is 0 Å². The molecule has 0 spiro atoms. The van der Waals surface area contributed by atoms with E-state index in [1.807, 2.05) is 19.0 Å². The van der Waals surface area contributed by atoms with E-state index >= 15 is 0 Å². The largest absolute Gasteiger partial charge is 0.497 e. The van der Waals surface area contributed by atoms with E-state index in [-0.39, 0.29) is 5.91 Å². The molecule has 5 heteroatoms. The number of likely N-dealkylation sites (N-methyl/N-ethyl adjacent to an activating group) is 1. The van der Waals surface area contributed by atoms with Gasteiger partial charge in [-0.1, -0.05) is 0 Å². The van der Waals surface area contributed by atoms with Crippen molar-refractivity contribution in [2.75, 3.05) is 34.3 Å². The number of hydrogen-bond acceptors (Lipinski definition) is 3. The SMILES string of the molecule is COc1ccc(Br)c(C(=O)NCCN(C)C)c1. The lowest BCUT2D eigenvalue weighted by Crippen LogP contribution is -2.31. The Morgan fingerprint density at radius 1 is 1.47 bits per heavy atom. The Labute approximate surface area is 110 Å². The van der Waals surface area contributed by atoms with Gasteiger partial charge in [-0.25, -0.2) is 0 Å². The molecule has 0 aromatic heterocycles. The second kappa shape index (κ2) is 6.61. The minimum atomic E-state index is -0.0994. The van der Waals surface area contributed by atoms with Gasteiger partial charge in [-0.3, -0.25) is 4.79 Å². The quantitative estimate of drug-likeness (QED) is 0.901. The molecule has 0 unspecified atom stereocenters. The molecule has 1 N–H and O–H groups in total. The molecule has 0 saturated carbocycles. The molecule has 1 aromatic rings. The Balaban J connectivity index is 2.67. The van der Waals surface area contributed by atoms with Crippen molar-refractivity contribution < 1.29 is 9.53 Å². The number of amides is 1. The van der Waals surface area contributed by atoms with E-state index in [0.29, 0.717) is 17.9 Å². The highest BCUT2D eigenvalue weighted by Gasteiger charge is 2.10. The molecule has 0 aliphatic carbocycles. The molecule has 4 nitrogen and oxygen atoms in total. The van der Waals surface area contributed by atoms with Crippen molar-refractivity contribution in [3.63, 3.8) is 0 Å². The molecular formula is C12H17BrN2O2. The van der Waals surface area contributed by atoms with Gasteiger partial charge < -0.3 is 15.0 Å². The van der Waals surface area contributed by atoms with Crippen LogP contribution in [0.3, 0.4) is 0 Å². The van der Waals surface area contributed by atoms with Crippen LogP contribution in [0.5, 0.6) is 5.75 Å². The molecule has 0 radical (unpaired) electrons. The van der Waals surface area contributed by atoms with Gasteiger partial charge in [0.2, 0.25) is 0 Å². The standard InChI is InChI=1S/C12H17BrN2O2/c1-15(2)7-6-14-12(16)10-8-9(17-3)4-5-11(10)13/h4-5,8H,6-7H2,1-3H3,(H,14,16). The Bertz CT molecular complexity index is 394. The lowest BCUT2D eigenvalue weighted by atomic mass is 10.2. The molecule has 0 aliphatic rings. The monoisotopic (exact) mass is 300 g/mol. The third-order valence-electron chi connectivity index (χ3n) is 2.26. The molecule has 17 heavy (non-hydrogen) atoms. The summed E-state index contributed by atoms with van der Waals surface area (Å²) in [5.74, 6) is 0.573. The van der Waals surface area contributed by atoms with Gasteiger partial charge >= 0.3 is 0 Å². The first kappa shape index (κ1) is 14.0. The number of carbonyl (C=O) groups excluding carboxylic acids is 1. The summed E-state index contributed by atoms with van der Waals surface area (Å²) in [7, 11) is 5.51. The van der Waals surface area contributed by atoms with Crippen LogP contribution < -0.4 is 10.1 Å². The van der Waals surface area contributed by atoms with Gasteiger partial charge in [-0.2, -0.15) is 0 Å². The maximum Gasteiger partial charge on any atom is 0.252 e. The first-order chi connectivity index (χ1) is 8.04. The first-order valence-electron chi connectivity index (χ1n) is 5.31. The highest BCUT2D eigenvalue weighted by molar-refractivity contribution is 9.10. The fraction of sp³-hybridized carbons (Fsp3) is 0.417. The molecule has 94 valence electrons. The van der Waals surface area contributed by atoms with Crippen molar-refractivity contribution in [2.24, 2.45) is 0 Å². The zero-order valence-corrected chi connectivity index (χ0v) is 11.9. The predicted octanol–water partition coefficient (Wildman–Crippen LogP) is 1.75. The van der Waals surface area contributed by atoms with Crippen LogP contribution in [0.25, 0.3) is 0 Å². The van der Waals surface area contributed by atoms with Crippen molar-refractivity contribution in [1.29, 1.82) is 0 Å². The number of benzene rings is 1. The fourth-order valence-corrected chi connectivity index (χ4v) is 1.72. The van der Waals surface area contributed by atoms with E-state index in [4.69, 9.17) is 4.74 Å². The summed E-state index contributed by atoms with van der Waals surface area (Å²) in [5.41, 5.74) is 0.586. The average molecular weight is 301 g/mol. The molecule has 0 saturated heterocycles.